The summed E-state index contributed by atoms with van der Waals surface area (Å²) in [6, 6.07) is 5.02. The summed E-state index contributed by atoms with van der Waals surface area (Å²) in [5, 5.41) is 6.27. The van der Waals surface area contributed by atoms with Crippen molar-refractivity contribution in [3.8, 4) is 0 Å². The molecule has 26 heavy (non-hydrogen) atoms. The van der Waals surface area contributed by atoms with E-state index in [9.17, 15) is 14.4 Å². The van der Waals surface area contributed by atoms with Gasteiger partial charge in [-0.2, -0.15) is 0 Å². The predicted molar refractivity (Wildman–Crippen MR) is 100 cm³/mol. The summed E-state index contributed by atoms with van der Waals surface area (Å²) in [4.78, 5) is 35.6. The third-order valence-electron chi connectivity index (χ3n) is 4.26. The van der Waals surface area contributed by atoms with Gasteiger partial charge in [0.25, 0.3) is 5.91 Å². The minimum atomic E-state index is -0.646. The normalized spacial score (nSPS) is 12.0. The summed E-state index contributed by atoms with van der Waals surface area (Å²) < 4.78 is 5.69. The Morgan fingerprint density at radius 2 is 1.96 bits per heavy atom. The number of hydrogen-bond donors (Lipinski definition) is 2. The molecule has 0 radical (unpaired) electrons. The van der Waals surface area contributed by atoms with Crippen LogP contribution in [0.3, 0.4) is 0 Å². The van der Waals surface area contributed by atoms with Gasteiger partial charge in [-0.15, -0.1) is 0 Å². The SMILES string of the molecule is CCCNC(=O)C(C)NC(=O)c1oc2ccc(CCC(C)=O)cc2c1C. The Balaban J connectivity index is 2.16. The van der Waals surface area contributed by atoms with E-state index in [1.54, 1.807) is 13.8 Å². The van der Waals surface area contributed by atoms with E-state index in [1.807, 2.05) is 32.0 Å². The average molecular weight is 358 g/mol. The molecule has 0 spiro atoms. The van der Waals surface area contributed by atoms with Crippen molar-refractivity contribution in [2.45, 2.75) is 53.0 Å². The van der Waals surface area contributed by atoms with Crippen molar-refractivity contribution in [2.75, 3.05) is 6.54 Å². The lowest BCUT2D eigenvalue weighted by atomic mass is 10.0. The summed E-state index contributed by atoms with van der Waals surface area (Å²) in [6.07, 6.45) is 1.98. The fourth-order valence-electron chi connectivity index (χ4n) is 2.69. The predicted octanol–water partition coefficient (Wildman–Crippen LogP) is 2.91. The topological polar surface area (TPSA) is 88.4 Å². The standard InChI is InChI=1S/C20H26N2O4/c1-5-10-21-19(24)14(4)22-20(25)18-13(3)16-11-15(7-6-12(2)23)8-9-17(16)26-18/h8-9,11,14H,5-7,10H2,1-4H3,(H,21,24)(H,22,25). The third-order valence-corrected chi connectivity index (χ3v) is 4.26. The largest absolute Gasteiger partial charge is 0.451 e. The van der Waals surface area contributed by atoms with Gasteiger partial charge in [-0.05, 0) is 51.3 Å². The van der Waals surface area contributed by atoms with E-state index in [1.165, 1.54) is 0 Å². The Morgan fingerprint density at radius 1 is 1.23 bits per heavy atom. The number of benzene rings is 1. The lowest BCUT2D eigenvalue weighted by molar-refractivity contribution is -0.122. The quantitative estimate of drug-likeness (QED) is 0.759. The fraction of sp³-hybridized carbons (Fsp3) is 0.450. The zero-order valence-corrected chi connectivity index (χ0v) is 15.8. The number of furan rings is 1. The summed E-state index contributed by atoms with van der Waals surface area (Å²) >= 11 is 0. The van der Waals surface area contributed by atoms with Gasteiger partial charge in [-0.25, -0.2) is 0 Å². The van der Waals surface area contributed by atoms with Gasteiger partial charge in [0, 0.05) is 23.9 Å². The molecular formula is C20H26N2O4. The molecule has 2 amide bonds. The number of aryl methyl sites for hydroxylation is 2. The smallest absolute Gasteiger partial charge is 0.287 e. The molecular weight excluding hydrogens is 332 g/mol. The van der Waals surface area contributed by atoms with Gasteiger partial charge in [-0.1, -0.05) is 13.0 Å². The molecule has 140 valence electrons. The molecule has 1 atom stereocenters. The molecule has 0 aliphatic carbocycles. The van der Waals surface area contributed by atoms with Gasteiger partial charge in [-0.3, -0.25) is 9.59 Å². The average Bonchev–Trinajstić information content (AvgIpc) is 2.94. The molecule has 1 unspecified atom stereocenters. The maximum absolute atomic E-state index is 12.5. The molecule has 0 aliphatic heterocycles. The molecule has 1 heterocycles. The van der Waals surface area contributed by atoms with Gasteiger partial charge in [0.15, 0.2) is 5.76 Å². The van der Waals surface area contributed by atoms with Gasteiger partial charge in [0.2, 0.25) is 5.91 Å². The lowest BCUT2D eigenvalue weighted by Crippen LogP contribution is -2.45. The van der Waals surface area contributed by atoms with Crippen LogP contribution >= 0.6 is 0 Å². The van der Waals surface area contributed by atoms with E-state index >= 15 is 0 Å². The number of ketones is 1. The Hall–Kier alpha value is -2.63. The maximum atomic E-state index is 12.5. The molecule has 0 bridgehead atoms. The van der Waals surface area contributed by atoms with Crippen molar-refractivity contribution in [3.05, 3.63) is 35.1 Å². The summed E-state index contributed by atoms with van der Waals surface area (Å²) in [5.74, 6) is -0.285. The first kappa shape index (κ1) is 19.7. The second kappa shape index (κ2) is 8.65. The van der Waals surface area contributed by atoms with E-state index in [2.05, 4.69) is 10.6 Å². The van der Waals surface area contributed by atoms with E-state index < -0.39 is 11.9 Å². The Kier molecular flexibility index (Phi) is 6.55. The highest BCUT2D eigenvalue weighted by Gasteiger charge is 2.22. The van der Waals surface area contributed by atoms with Crippen molar-refractivity contribution < 1.29 is 18.8 Å². The van der Waals surface area contributed by atoms with E-state index in [4.69, 9.17) is 4.42 Å². The first-order chi connectivity index (χ1) is 12.3. The number of rotatable bonds is 8. The molecule has 1 aromatic heterocycles. The van der Waals surface area contributed by atoms with E-state index in [-0.39, 0.29) is 17.5 Å². The van der Waals surface area contributed by atoms with Gasteiger partial charge >= 0.3 is 0 Å². The highest BCUT2D eigenvalue weighted by molar-refractivity contribution is 6.01. The molecule has 6 nitrogen and oxygen atoms in total. The Labute approximate surface area is 153 Å². The molecule has 2 rings (SSSR count). The first-order valence-corrected chi connectivity index (χ1v) is 8.93. The monoisotopic (exact) mass is 358 g/mol. The Bertz CT molecular complexity index is 823. The highest BCUT2D eigenvalue weighted by Crippen LogP contribution is 2.26. The summed E-state index contributed by atoms with van der Waals surface area (Å²) in [5.41, 5.74) is 2.36. The molecule has 2 N–H and O–H groups in total. The van der Waals surface area contributed by atoms with Gasteiger partial charge < -0.3 is 19.8 Å². The van der Waals surface area contributed by atoms with Crippen LogP contribution in [0, 0.1) is 6.92 Å². The van der Waals surface area contributed by atoms with Crippen LogP contribution in [0.4, 0.5) is 0 Å². The zero-order valence-electron chi connectivity index (χ0n) is 15.8. The zero-order chi connectivity index (χ0) is 19.3. The molecule has 6 heteroatoms. The van der Waals surface area contributed by atoms with Crippen LogP contribution in [0.15, 0.2) is 22.6 Å². The second-order valence-corrected chi connectivity index (χ2v) is 6.57. The number of carbonyl (C=O) groups excluding carboxylic acids is 3. The number of nitrogens with one attached hydrogen (secondary N) is 2. The Morgan fingerprint density at radius 3 is 2.62 bits per heavy atom. The first-order valence-electron chi connectivity index (χ1n) is 8.93. The molecule has 0 fully saturated rings. The number of fused-ring (bicyclic) bond motifs is 1. The number of hydrogen-bond acceptors (Lipinski definition) is 4. The van der Waals surface area contributed by atoms with Crippen LogP contribution in [-0.2, 0) is 16.0 Å². The second-order valence-electron chi connectivity index (χ2n) is 6.57. The molecule has 1 aromatic carbocycles. The third kappa shape index (κ3) is 4.71. The van der Waals surface area contributed by atoms with Crippen LogP contribution in [0.2, 0.25) is 0 Å². The highest BCUT2D eigenvalue weighted by atomic mass is 16.3. The van der Waals surface area contributed by atoms with Crippen molar-refractivity contribution in [1.82, 2.24) is 10.6 Å². The van der Waals surface area contributed by atoms with Crippen molar-refractivity contribution in [3.63, 3.8) is 0 Å². The van der Waals surface area contributed by atoms with E-state index in [0.29, 0.717) is 25.0 Å². The maximum Gasteiger partial charge on any atom is 0.287 e. The van der Waals surface area contributed by atoms with Crippen LogP contribution in [0.5, 0.6) is 0 Å². The summed E-state index contributed by atoms with van der Waals surface area (Å²) in [7, 11) is 0. The number of carbonyl (C=O) groups is 3. The van der Waals surface area contributed by atoms with Crippen molar-refractivity contribution in [2.24, 2.45) is 0 Å². The molecule has 2 aromatic rings. The minimum absolute atomic E-state index is 0.143. The number of amides is 2. The lowest BCUT2D eigenvalue weighted by Gasteiger charge is -2.13. The van der Waals surface area contributed by atoms with Gasteiger partial charge in [0.1, 0.15) is 17.4 Å². The molecule has 0 saturated carbocycles. The van der Waals surface area contributed by atoms with Gasteiger partial charge in [0.05, 0.1) is 0 Å². The van der Waals surface area contributed by atoms with E-state index in [0.717, 1.165) is 22.9 Å². The van der Waals surface area contributed by atoms with Crippen LogP contribution < -0.4 is 10.6 Å². The van der Waals surface area contributed by atoms with Crippen LogP contribution in [0.25, 0.3) is 11.0 Å². The van der Waals surface area contributed by atoms with Crippen LogP contribution in [-0.4, -0.2) is 30.2 Å². The van der Waals surface area contributed by atoms with Crippen molar-refractivity contribution in [1.29, 1.82) is 0 Å². The van der Waals surface area contributed by atoms with Crippen molar-refractivity contribution >= 4 is 28.6 Å². The number of Topliss-reactive ketones (excluding diaryl/α,β-unsaturated/α-hetero) is 1. The minimum Gasteiger partial charge on any atom is -0.451 e. The fourth-order valence-corrected chi connectivity index (χ4v) is 2.69. The molecule has 0 aliphatic rings. The summed E-state index contributed by atoms with van der Waals surface area (Å²) in [6.45, 7) is 7.57. The molecule has 0 saturated heterocycles. The van der Waals surface area contributed by atoms with Crippen LogP contribution in [0.1, 0.15) is 55.3 Å².